The van der Waals surface area contributed by atoms with Gasteiger partial charge >= 0.3 is 123 Å². The number of nitrogens with one attached hydrogen (secondary N) is 3. The molecule has 4 atom stereocenters. The van der Waals surface area contributed by atoms with Crippen LogP contribution in [0.1, 0.15) is 72.5 Å². The van der Waals surface area contributed by atoms with Gasteiger partial charge in [-0.3, -0.25) is 24.9 Å². The summed E-state index contributed by atoms with van der Waals surface area (Å²) in [6.07, 6.45) is 2.40. The number of aliphatic hydroxyl groups is 6. The van der Waals surface area contributed by atoms with Gasteiger partial charge in [0.1, 0.15) is 56.9 Å². The van der Waals surface area contributed by atoms with Gasteiger partial charge < -0.3 is 83.9 Å². The molecule has 2 heterocycles. The number of ether oxygens (including phenoxy) is 9. The minimum absolute atomic E-state index is 0. The number of aliphatic hydroxyl groups excluding tert-OH is 6. The van der Waals surface area contributed by atoms with Gasteiger partial charge in [0.2, 0.25) is 0 Å². The summed E-state index contributed by atoms with van der Waals surface area (Å²) in [6, 6.07) is 31.1. The molecule has 0 aliphatic carbocycles. The molecular weight excluding hydrogens is 2440 g/mol. The maximum absolute atomic E-state index is 14.2. The molecule has 4 unspecified atom stereocenters. The second-order valence-corrected chi connectivity index (χ2v) is 34.1. The first-order chi connectivity index (χ1) is 61.9. The zero-order valence-corrected chi connectivity index (χ0v) is 93.5. The average Bonchev–Trinajstić information content (AvgIpc) is 1.61. The van der Waals surface area contributed by atoms with Crippen molar-refractivity contribution < 1.29 is 290 Å². The summed E-state index contributed by atoms with van der Waals surface area (Å²) in [5, 5.41) is 77.6. The summed E-state index contributed by atoms with van der Waals surface area (Å²) in [5.41, 5.74) is 3.61. The predicted molar refractivity (Wildman–Crippen MR) is 500 cm³/mol. The number of fused-ring (bicyclic) bond motifs is 2. The number of aromatic amines is 1. The van der Waals surface area contributed by atoms with Gasteiger partial charge in [0.05, 0.1) is 92.5 Å². The first-order valence-electron chi connectivity index (χ1n) is 37.4. The van der Waals surface area contributed by atoms with Gasteiger partial charge in [0.25, 0.3) is 30.1 Å². The van der Waals surface area contributed by atoms with Crippen LogP contribution in [0.4, 0.5) is 30.7 Å². The number of hydrazine groups is 1. The van der Waals surface area contributed by atoms with Crippen molar-refractivity contribution in [1.82, 2.24) is 29.0 Å². The van der Waals surface area contributed by atoms with Crippen LogP contribution in [-0.2, 0) is 90.6 Å². The Kier molecular flexibility index (Phi) is 79.9. The normalized spacial score (nSPS) is 11.5. The second-order valence-electron chi connectivity index (χ2n) is 26.4. The molecular formula is C82H104Br3Cu2F7I2K2N8O26S3. The number of aryl methyl sites for hydroxylation is 3. The van der Waals surface area contributed by atoms with Gasteiger partial charge in [-0.1, -0.05) is 81.3 Å². The van der Waals surface area contributed by atoms with Gasteiger partial charge in [-0.05, 0) is 153 Å². The number of aldehydes is 2. The molecule has 1 radical (unpaired) electrons. The Labute approximate surface area is 932 Å². The van der Waals surface area contributed by atoms with Crippen LogP contribution in [-0.4, -0.2) is 244 Å². The fourth-order valence-corrected chi connectivity index (χ4v) is 12.7. The van der Waals surface area contributed by atoms with Crippen molar-refractivity contribution >= 4 is 156 Å². The summed E-state index contributed by atoms with van der Waals surface area (Å²) in [7, 11) is -5.13. The summed E-state index contributed by atoms with van der Waals surface area (Å²) in [4.78, 5) is 24.9. The Morgan fingerprint density at radius 1 is 0.526 bits per heavy atom. The van der Waals surface area contributed by atoms with Crippen LogP contribution in [0.2, 0.25) is 0 Å². The van der Waals surface area contributed by atoms with Crippen molar-refractivity contribution in [1.29, 1.82) is 0 Å². The zero-order chi connectivity index (χ0) is 100.0. The van der Waals surface area contributed by atoms with E-state index < -0.39 is 108 Å². The molecule has 10 rings (SSSR count). The SMILES string of the molecule is C.CC(C)(C)[O-].COC(CO)CO.COC(CO)COc1cc(Br)c(/C=N/NS(=O)(=O)c2ccc(C)cc2)cc1F.COC(CO)COc1cc(Br)c(C=O)cc1F.COC(CO)COc1cc2[nH]ncc2cc1F.COC(CO)COc1cc2c(cnn2S(=O)(=O)c2ccc(C)cc2)cc1F.Cc1ccc(S(=O)(=O)NN)cc1.II.O=Cc1cc(F)c(F)cc1Br.[2H]CF.[Cu].[K+].[K+].[OH-].[O]=[Cu]. The third-order valence-corrected chi connectivity index (χ3v) is 21.9. The number of methoxy groups -OCH3 is 5. The van der Waals surface area contributed by atoms with E-state index in [1.165, 1.54) is 121 Å². The number of rotatable bonds is 33. The van der Waals surface area contributed by atoms with Crippen LogP contribution in [0, 0.1) is 55.7 Å². The number of alkyl halides is 1. The van der Waals surface area contributed by atoms with E-state index in [4.69, 9.17) is 79.6 Å². The van der Waals surface area contributed by atoms with Gasteiger partial charge in [0, 0.05) is 143 Å². The molecule has 0 aliphatic heterocycles. The first-order valence-corrected chi connectivity index (χ1v) is 50.1. The van der Waals surface area contributed by atoms with Gasteiger partial charge in [-0.25, -0.2) is 39.6 Å². The van der Waals surface area contributed by atoms with Crippen LogP contribution in [0.15, 0.2) is 179 Å². The predicted octanol–water partition coefficient (Wildman–Crippen LogP) is 6.10. The van der Waals surface area contributed by atoms with Crippen molar-refractivity contribution in [2.24, 2.45) is 10.9 Å². The number of nitrogens with two attached hydrogens (primary N) is 1. The number of halogens is 12. The van der Waals surface area contributed by atoms with E-state index in [0.29, 0.717) is 43.4 Å². The topological polar surface area (TPSA) is 520 Å². The molecule has 0 saturated heterocycles. The number of nitrogens with zero attached hydrogens (tertiary/aromatic N) is 4. The Morgan fingerprint density at radius 2 is 0.830 bits per heavy atom. The number of H-pyrrole nitrogens is 1. The quantitative estimate of drug-likeness (QED) is 0.00325. The van der Waals surface area contributed by atoms with E-state index in [1.807, 2.05) is 20.8 Å². The number of hydrogen-bond acceptors (Lipinski definition) is 30. The molecule has 53 heteroatoms. The molecule has 0 spiro atoms. The molecule has 10 aromatic rings. The monoisotopic (exact) mass is 2540 g/mol. The van der Waals surface area contributed by atoms with Crippen molar-refractivity contribution in [2.75, 3.05) is 109 Å². The summed E-state index contributed by atoms with van der Waals surface area (Å²) in [5.74, 6) is 0.327. The number of hydrogen-bond donors (Lipinski definition) is 10. The fourth-order valence-electron chi connectivity index (χ4n) is 8.74. The van der Waals surface area contributed by atoms with Crippen LogP contribution in [0.3, 0.4) is 0 Å². The fraction of sp³-hybridized carbons (Fsp3) is 0.354. The molecule has 0 amide bonds. The van der Waals surface area contributed by atoms with Crippen molar-refractivity contribution in [3.05, 3.63) is 228 Å². The van der Waals surface area contributed by atoms with E-state index in [-0.39, 0.29) is 258 Å². The molecule has 0 saturated carbocycles. The first kappa shape index (κ1) is 140. The maximum atomic E-state index is 14.2. The number of hydrazone groups is 1. The van der Waals surface area contributed by atoms with Gasteiger partial charge in [-0.2, -0.15) is 41.1 Å². The third kappa shape index (κ3) is 53.1. The van der Waals surface area contributed by atoms with E-state index in [0.717, 1.165) is 51.1 Å². The number of aromatic nitrogens is 4. The molecule has 2 aromatic heterocycles. The van der Waals surface area contributed by atoms with Crippen molar-refractivity contribution in [3.63, 3.8) is 0 Å². The molecule has 0 bridgehead atoms. The molecule has 34 nitrogen and oxygen atoms in total. The van der Waals surface area contributed by atoms with E-state index in [9.17, 15) is 70.7 Å². The third-order valence-electron chi connectivity index (χ3n) is 15.8. The molecule has 8 aromatic carbocycles. The standard InChI is InChI=1S/C18H20BrFN2O5S.C18H19FN2O5S.C11H12BrFO4.C11H13FN2O3.C7H3BrF2O.C7H10N2O2S.C4H10O3.C4H9O.CH3F.CH4.2Cu.I2.2K.H2O.O/c1-12-3-5-15(6-4-12)28(24,25)22-21-9-13-7-17(20)18(8-16(13)19)27-11-14(10-23)26-2;1-12-3-5-15(6-4-12)27(23,24)21-17-8-18(26-11-14(10-22)25-2)16(19)7-13(17)9-20-21;1-16-8(5-15)6-17-11-3-9(12)7(4-14)2-10(11)13;1-16-8(5-15)6-17-11-3-10-7(2-9(11)12)4-13-14-10;8-5-2-7(10)6(9)1-4(5)3-11;1-6-2-4-7(5-3-6)12(10,11)9-8;1-7-4(2-5)3-6;1-4(2,3)5;1-2;;;;1-2;;;;/h3-9,14,22-23H,10-11H2,1-2H3;3-9,14,22H,10-11H2,1-2H3;2-4,8,15H,5-6H2,1H3;2-4,8,15H,5-6H2,1H3,(H,13,14);1-3H;2-5,9H,8H2,1H3;4-6H,2-3H2,1H3;1-3H3;1H3;1H4;;;;;;1H2;/q;;;;;;;-1;;;;;;2*+1;;/p-1/b21-9+;;;;;;;;;;;;;;;;/i;;;;;;;;1D;;;;;;;;. The van der Waals surface area contributed by atoms with E-state index >= 15 is 0 Å². The number of sulfonamides is 2. The Balaban J connectivity index is -0.000000364. The van der Waals surface area contributed by atoms with Crippen LogP contribution >= 0.6 is 85.0 Å². The molecule has 0 aliphatic rings. The van der Waals surface area contributed by atoms with Crippen molar-refractivity contribution in [2.45, 2.75) is 99.8 Å². The summed E-state index contributed by atoms with van der Waals surface area (Å²) < 4.78 is 223. The summed E-state index contributed by atoms with van der Waals surface area (Å²) >= 11 is 16.5. The Bertz CT molecular complexity index is 5420. The van der Waals surface area contributed by atoms with Gasteiger partial charge in [-0.15, -0.1) is 5.60 Å². The molecule has 135 heavy (non-hydrogen) atoms. The molecule has 12 N–H and O–H groups in total. The van der Waals surface area contributed by atoms with Crippen LogP contribution in [0.25, 0.3) is 21.8 Å². The Morgan fingerprint density at radius 3 is 1.18 bits per heavy atom. The van der Waals surface area contributed by atoms with Crippen LogP contribution < -0.4 is 142 Å². The van der Waals surface area contributed by atoms with Crippen molar-refractivity contribution in [3.8, 4) is 23.0 Å². The number of benzene rings is 8. The molecule has 0 fully saturated rings. The summed E-state index contributed by atoms with van der Waals surface area (Å²) in [6.45, 7) is 9.29. The second kappa shape index (κ2) is 77.1. The van der Waals surface area contributed by atoms with E-state index in [1.54, 1.807) is 62.0 Å². The van der Waals surface area contributed by atoms with Gasteiger partial charge in [0.15, 0.2) is 70.5 Å². The zero-order valence-electron chi connectivity index (χ0n) is 74.9. The number of carbonyl (C=O) groups excluding carboxylic acids is 2. The van der Waals surface area contributed by atoms with Crippen LogP contribution in [0.5, 0.6) is 23.0 Å². The Hall–Kier alpha value is -3.52. The molecule has 754 valence electrons. The average molecular weight is 2550 g/mol. The number of carbonyl (C=O) groups is 2. The minimum atomic E-state index is -3.95. The van der Waals surface area contributed by atoms with E-state index in [2.05, 4.69) is 131 Å².